The molecular formula is C29H55N3O2S. The lowest BCUT2D eigenvalue weighted by molar-refractivity contribution is 0.382. The van der Waals surface area contributed by atoms with Gasteiger partial charge in [-0.05, 0) is 32.1 Å². The molecule has 0 atom stereocenters. The van der Waals surface area contributed by atoms with Crippen molar-refractivity contribution in [2.24, 2.45) is 0 Å². The second kappa shape index (κ2) is 26.0. The Labute approximate surface area is 218 Å². The average Bonchev–Trinajstić information content (AvgIpc) is 2.84. The van der Waals surface area contributed by atoms with Crippen molar-refractivity contribution < 1.29 is 8.42 Å². The molecule has 0 unspecified atom stereocenters. The van der Waals surface area contributed by atoms with Gasteiger partial charge in [0.15, 0.2) is 0 Å². The summed E-state index contributed by atoms with van der Waals surface area (Å²) >= 11 is 0. The van der Waals surface area contributed by atoms with Crippen molar-refractivity contribution in [2.75, 3.05) is 18.8 Å². The Hall–Kier alpha value is -1.11. The van der Waals surface area contributed by atoms with Crippen molar-refractivity contribution in [1.29, 1.82) is 10.5 Å². The number of nitrogens with zero attached hydrogens (tertiary/aromatic N) is 3. The van der Waals surface area contributed by atoms with E-state index >= 15 is 0 Å². The SMILES string of the molecule is CCCCCCCCCS(=O)(=O)N(CCCCCCCCCC#N)CCCCCCCCCC#N. The first kappa shape index (κ1) is 33.9. The van der Waals surface area contributed by atoms with Gasteiger partial charge in [-0.1, -0.05) is 110 Å². The lowest BCUT2D eigenvalue weighted by Gasteiger charge is -2.22. The smallest absolute Gasteiger partial charge is 0.212 e. The van der Waals surface area contributed by atoms with E-state index in [0.717, 1.165) is 83.5 Å². The van der Waals surface area contributed by atoms with Gasteiger partial charge in [-0.3, -0.25) is 0 Å². The molecule has 0 aliphatic carbocycles. The van der Waals surface area contributed by atoms with Crippen molar-refractivity contribution in [3.8, 4) is 12.1 Å². The third-order valence-corrected chi connectivity index (χ3v) is 8.75. The number of unbranched alkanes of at least 4 members (excludes halogenated alkanes) is 20. The van der Waals surface area contributed by atoms with Crippen molar-refractivity contribution in [3.05, 3.63) is 0 Å². The van der Waals surface area contributed by atoms with E-state index in [2.05, 4.69) is 19.1 Å². The molecule has 204 valence electrons. The number of hydrogen-bond donors (Lipinski definition) is 0. The molecule has 0 aromatic rings. The van der Waals surface area contributed by atoms with E-state index in [9.17, 15) is 8.42 Å². The molecule has 0 aliphatic rings. The van der Waals surface area contributed by atoms with Crippen LogP contribution in [0.25, 0.3) is 0 Å². The van der Waals surface area contributed by atoms with Crippen molar-refractivity contribution in [1.82, 2.24) is 4.31 Å². The lowest BCUT2D eigenvalue weighted by atomic mass is 10.1. The van der Waals surface area contributed by atoms with Gasteiger partial charge in [-0.25, -0.2) is 12.7 Å². The zero-order valence-corrected chi connectivity index (χ0v) is 23.8. The monoisotopic (exact) mass is 509 g/mol. The number of nitriles is 2. The summed E-state index contributed by atoms with van der Waals surface area (Å²) in [4.78, 5) is 0. The van der Waals surface area contributed by atoms with E-state index in [1.165, 1.54) is 51.4 Å². The fourth-order valence-electron chi connectivity index (χ4n) is 4.51. The Kier molecular flexibility index (Phi) is 25.1. The van der Waals surface area contributed by atoms with Crippen LogP contribution in [0.2, 0.25) is 0 Å². The topological polar surface area (TPSA) is 85.0 Å². The normalized spacial score (nSPS) is 11.5. The highest BCUT2D eigenvalue weighted by molar-refractivity contribution is 7.89. The maximum absolute atomic E-state index is 13.1. The number of hydrogen-bond acceptors (Lipinski definition) is 4. The Balaban J connectivity index is 4.28. The van der Waals surface area contributed by atoms with E-state index in [-0.39, 0.29) is 0 Å². The average molecular weight is 510 g/mol. The zero-order valence-electron chi connectivity index (χ0n) is 23.0. The Bertz CT molecular complexity index is 605. The first-order chi connectivity index (χ1) is 17.1. The van der Waals surface area contributed by atoms with Crippen LogP contribution in [0, 0.1) is 22.7 Å². The number of rotatable bonds is 27. The Morgan fingerprint density at radius 3 is 1.26 bits per heavy atom. The first-order valence-electron chi connectivity index (χ1n) is 14.8. The van der Waals surface area contributed by atoms with Crippen LogP contribution in [0.15, 0.2) is 0 Å². The van der Waals surface area contributed by atoms with Crippen LogP contribution in [-0.2, 0) is 10.0 Å². The minimum Gasteiger partial charge on any atom is -0.212 e. The molecule has 6 heteroatoms. The van der Waals surface area contributed by atoms with Gasteiger partial charge in [-0.15, -0.1) is 0 Å². The molecule has 0 amide bonds. The van der Waals surface area contributed by atoms with E-state index in [0.29, 0.717) is 31.7 Å². The van der Waals surface area contributed by atoms with Crippen molar-refractivity contribution in [3.63, 3.8) is 0 Å². The molecule has 0 N–H and O–H groups in total. The van der Waals surface area contributed by atoms with Crippen LogP contribution >= 0.6 is 0 Å². The molecule has 0 saturated heterocycles. The maximum atomic E-state index is 13.1. The summed E-state index contributed by atoms with van der Waals surface area (Å²) in [7, 11) is -3.16. The highest BCUT2D eigenvalue weighted by Crippen LogP contribution is 2.15. The predicted octanol–water partition coefficient (Wildman–Crippen LogP) is 8.66. The predicted molar refractivity (Wildman–Crippen MR) is 148 cm³/mol. The van der Waals surface area contributed by atoms with Crippen LogP contribution in [0.1, 0.15) is 155 Å². The second-order valence-electron chi connectivity index (χ2n) is 10.1. The Morgan fingerprint density at radius 2 is 0.857 bits per heavy atom. The summed E-state index contributed by atoms with van der Waals surface area (Å²) in [6, 6.07) is 4.40. The van der Waals surface area contributed by atoms with Gasteiger partial charge in [0.25, 0.3) is 0 Å². The highest BCUT2D eigenvalue weighted by Gasteiger charge is 2.20. The molecular weight excluding hydrogens is 454 g/mol. The van der Waals surface area contributed by atoms with E-state index in [1.54, 1.807) is 4.31 Å². The van der Waals surface area contributed by atoms with Crippen molar-refractivity contribution >= 4 is 10.0 Å². The molecule has 0 aromatic heterocycles. The Morgan fingerprint density at radius 1 is 0.514 bits per heavy atom. The van der Waals surface area contributed by atoms with Gasteiger partial charge >= 0.3 is 0 Å². The molecule has 0 saturated carbocycles. The van der Waals surface area contributed by atoms with Gasteiger partial charge in [0.05, 0.1) is 17.9 Å². The molecule has 0 rings (SSSR count). The third-order valence-electron chi connectivity index (χ3n) is 6.79. The number of sulfonamides is 1. The van der Waals surface area contributed by atoms with Crippen molar-refractivity contribution in [2.45, 2.75) is 155 Å². The summed E-state index contributed by atoms with van der Waals surface area (Å²) in [6.07, 6.45) is 24.7. The van der Waals surface area contributed by atoms with Gasteiger partial charge in [0.2, 0.25) is 10.0 Å². The standard InChI is InChI=1S/C29H55N3O2S/c1-2-3-4-5-14-19-24-29-35(33,34)32(27-22-17-12-8-6-10-15-20-25-30)28-23-18-13-9-7-11-16-21-26-31/h2-24,27-29H2,1H3. The lowest BCUT2D eigenvalue weighted by Crippen LogP contribution is -2.35. The van der Waals surface area contributed by atoms with Crippen LogP contribution in [0.3, 0.4) is 0 Å². The van der Waals surface area contributed by atoms with Gasteiger partial charge in [0, 0.05) is 25.9 Å². The van der Waals surface area contributed by atoms with E-state index in [1.807, 2.05) is 0 Å². The molecule has 0 aliphatic heterocycles. The third kappa shape index (κ3) is 23.1. The minimum absolute atomic E-state index is 0.304. The summed E-state index contributed by atoms with van der Waals surface area (Å²) in [5.74, 6) is 0.304. The molecule has 0 bridgehead atoms. The summed E-state index contributed by atoms with van der Waals surface area (Å²) in [5.41, 5.74) is 0. The molecule has 0 fully saturated rings. The van der Waals surface area contributed by atoms with E-state index in [4.69, 9.17) is 10.5 Å². The highest BCUT2D eigenvalue weighted by atomic mass is 32.2. The minimum atomic E-state index is -3.16. The maximum Gasteiger partial charge on any atom is 0.214 e. The fourth-order valence-corrected chi connectivity index (χ4v) is 6.15. The molecule has 5 nitrogen and oxygen atoms in total. The van der Waals surface area contributed by atoms with E-state index < -0.39 is 10.0 Å². The molecule has 0 radical (unpaired) electrons. The summed E-state index contributed by atoms with van der Waals surface area (Å²) in [5, 5.41) is 17.2. The summed E-state index contributed by atoms with van der Waals surface area (Å²) in [6.45, 7) is 3.55. The van der Waals surface area contributed by atoms with Crippen LogP contribution in [0.5, 0.6) is 0 Å². The molecule has 0 aromatic carbocycles. The first-order valence-corrected chi connectivity index (χ1v) is 16.4. The van der Waals surface area contributed by atoms with Gasteiger partial charge in [-0.2, -0.15) is 10.5 Å². The molecule has 0 heterocycles. The quantitative estimate of drug-likeness (QED) is 0.104. The largest absolute Gasteiger partial charge is 0.214 e. The molecule has 0 spiro atoms. The van der Waals surface area contributed by atoms with Crippen LogP contribution < -0.4 is 0 Å². The van der Waals surface area contributed by atoms with Crippen LogP contribution in [0.4, 0.5) is 0 Å². The van der Waals surface area contributed by atoms with Gasteiger partial charge < -0.3 is 0 Å². The second-order valence-corrected chi connectivity index (χ2v) is 12.2. The fraction of sp³-hybridized carbons (Fsp3) is 0.931. The zero-order chi connectivity index (χ0) is 25.9. The van der Waals surface area contributed by atoms with Gasteiger partial charge in [0.1, 0.15) is 0 Å². The molecule has 35 heavy (non-hydrogen) atoms. The van der Waals surface area contributed by atoms with Crippen LogP contribution in [-0.4, -0.2) is 31.6 Å². The summed E-state index contributed by atoms with van der Waals surface area (Å²) < 4.78 is 27.9.